The monoisotopic (exact) mass is 246 g/mol. The van der Waals surface area contributed by atoms with Gasteiger partial charge in [-0.15, -0.1) is 0 Å². The number of hydrogen-bond acceptors (Lipinski definition) is 2. The Balaban J connectivity index is 2.76. The fourth-order valence-corrected chi connectivity index (χ4v) is 2.39. The standard InChI is InChI=1S/C14H18N2O2/c1-4-10(5-2)11-12(14(17)18)16-8-6-7-9(3)13(16)15-11/h6-8,10H,4-5H2,1-3H3,(H,17,18). The fourth-order valence-electron chi connectivity index (χ4n) is 2.39. The lowest BCUT2D eigenvalue weighted by Gasteiger charge is -2.09. The first-order valence-corrected chi connectivity index (χ1v) is 6.31. The second-order valence-electron chi connectivity index (χ2n) is 4.55. The van der Waals surface area contributed by atoms with E-state index >= 15 is 0 Å². The topological polar surface area (TPSA) is 54.6 Å². The summed E-state index contributed by atoms with van der Waals surface area (Å²) in [4.78, 5) is 16.0. The molecule has 0 aliphatic carbocycles. The van der Waals surface area contributed by atoms with Gasteiger partial charge in [0, 0.05) is 12.1 Å². The number of aromatic nitrogens is 2. The largest absolute Gasteiger partial charge is 0.477 e. The molecule has 0 bridgehead atoms. The summed E-state index contributed by atoms with van der Waals surface area (Å²) in [5.41, 5.74) is 2.76. The molecule has 18 heavy (non-hydrogen) atoms. The van der Waals surface area contributed by atoms with E-state index < -0.39 is 5.97 Å². The van der Waals surface area contributed by atoms with Crippen LogP contribution in [0.25, 0.3) is 5.65 Å². The first-order chi connectivity index (χ1) is 8.60. The van der Waals surface area contributed by atoms with Crippen LogP contribution in [0.5, 0.6) is 0 Å². The molecule has 4 nitrogen and oxygen atoms in total. The van der Waals surface area contributed by atoms with E-state index in [1.807, 2.05) is 19.1 Å². The number of hydrogen-bond donors (Lipinski definition) is 1. The molecule has 2 aromatic heterocycles. The van der Waals surface area contributed by atoms with Crippen LogP contribution in [-0.4, -0.2) is 20.5 Å². The van der Waals surface area contributed by atoms with Crippen molar-refractivity contribution in [2.24, 2.45) is 0 Å². The van der Waals surface area contributed by atoms with Crippen molar-refractivity contribution >= 4 is 11.6 Å². The zero-order chi connectivity index (χ0) is 13.3. The Morgan fingerprint density at radius 3 is 2.67 bits per heavy atom. The first-order valence-electron chi connectivity index (χ1n) is 6.31. The SMILES string of the molecule is CCC(CC)c1nc2c(C)cccn2c1C(=O)O. The Bertz CT molecular complexity index is 583. The van der Waals surface area contributed by atoms with E-state index in [0.29, 0.717) is 11.4 Å². The third kappa shape index (κ3) is 1.88. The van der Waals surface area contributed by atoms with Crippen LogP contribution in [0.15, 0.2) is 18.3 Å². The Morgan fingerprint density at radius 2 is 2.11 bits per heavy atom. The highest BCUT2D eigenvalue weighted by molar-refractivity contribution is 5.88. The molecule has 96 valence electrons. The van der Waals surface area contributed by atoms with Crippen molar-refractivity contribution in [3.8, 4) is 0 Å². The number of pyridine rings is 1. The third-order valence-electron chi connectivity index (χ3n) is 3.45. The van der Waals surface area contributed by atoms with Crippen LogP contribution in [0.4, 0.5) is 0 Å². The lowest BCUT2D eigenvalue weighted by molar-refractivity contribution is 0.0687. The molecule has 0 fully saturated rings. The van der Waals surface area contributed by atoms with Crippen molar-refractivity contribution in [2.45, 2.75) is 39.5 Å². The molecule has 0 saturated heterocycles. The van der Waals surface area contributed by atoms with E-state index in [0.717, 1.165) is 24.1 Å². The zero-order valence-electron chi connectivity index (χ0n) is 11.0. The predicted octanol–water partition coefficient (Wildman–Crippen LogP) is 3.24. The normalized spacial score (nSPS) is 11.3. The summed E-state index contributed by atoms with van der Waals surface area (Å²) in [6.45, 7) is 6.08. The maximum atomic E-state index is 11.5. The molecule has 2 aromatic rings. The van der Waals surface area contributed by atoms with Gasteiger partial charge in [0.25, 0.3) is 0 Å². The van der Waals surface area contributed by atoms with Gasteiger partial charge >= 0.3 is 5.97 Å². The molecule has 4 heteroatoms. The van der Waals surface area contributed by atoms with Crippen molar-refractivity contribution < 1.29 is 9.90 Å². The van der Waals surface area contributed by atoms with E-state index in [1.165, 1.54) is 0 Å². The number of carboxylic acids is 1. The van der Waals surface area contributed by atoms with Crippen LogP contribution in [0.1, 0.15) is 54.4 Å². The average Bonchev–Trinajstić information content (AvgIpc) is 2.71. The molecular formula is C14H18N2O2. The van der Waals surface area contributed by atoms with Crippen molar-refractivity contribution in [3.63, 3.8) is 0 Å². The minimum Gasteiger partial charge on any atom is -0.477 e. The van der Waals surface area contributed by atoms with Gasteiger partial charge in [-0.05, 0) is 31.4 Å². The number of aryl methyl sites for hydroxylation is 1. The summed E-state index contributed by atoms with van der Waals surface area (Å²) in [5, 5.41) is 9.42. The highest BCUT2D eigenvalue weighted by Gasteiger charge is 2.23. The van der Waals surface area contributed by atoms with Crippen molar-refractivity contribution in [3.05, 3.63) is 35.3 Å². The molecule has 0 saturated carbocycles. The number of aromatic carboxylic acids is 1. The Kier molecular flexibility index (Phi) is 3.36. The zero-order valence-corrected chi connectivity index (χ0v) is 11.0. The quantitative estimate of drug-likeness (QED) is 0.901. The molecule has 2 rings (SSSR count). The van der Waals surface area contributed by atoms with E-state index in [1.54, 1.807) is 10.6 Å². The van der Waals surface area contributed by atoms with Gasteiger partial charge in [0.2, 0.25) is 0 Å². The number of nitrogens with zero attached hydrogens (tertiary/aromatic N) is 2. The van der Waals surface area contributed by atoms with Crippen molar-refractivity contribution in [1.82, 2.24) is 9.38 Å². The Hall–Kier alpha value is -1.84. The maximum absolute atomic E-state index is 11.5. The van der Waals surface area contributed by atoms with E-state index in [2.05, 4.69) is 18.8 Å². The van der Waals surface area contributed by atoms with E-state index in [-0.39, 0.29) is 5.92 Å². The van der Waals surface area contributed by atoms with Crippen molar-refractivity contribution in [2.75, 3.05) is 0 Å². The molecule has 0 unspecified atom stereocenters. The summed E-state index contributed by atoms with van der Waals surface area (Å²) >= 11 is 0. The number of rotatable bonds is 4. The highest BCUT2D eigenvalue weighted by atomic mass is 16.4. The predicted molar refractivity (Wildman–Crippen MR) is 70.2 cm³/mol. The highest BCUT2D eigenvalue weighted by Crippen LogP contribution is 2.27. The van der Waals surface area contributed by atoms with Crippen LogP contribution < -0.4 is 0 Å². The number of carboxylic acid groups (broad SMARTS) is 1. The fraction of sp³-hybridized carbons (Fsp3) is 0.429. The lowest BCUT2D eigenvalue weighted by Crippen LogP contribution is -2.08. The lowest BCUT2D eigenvalue weighted by atomic mass is 9.98. The minimum atomic E-state index is -0.907. The van der Waals surface area contributed by atoms with E-state index in [4.69, 9.17) is 0 Å². The van der Waals surface area contributed by atoms with Gasteiger partial charge < -0.3 is 5.11 Å². The van der Waals surface area contributed by atoms with Gasteiger partial charge in [-0.25, -0.2) is 9.78 Å². The van der Waals surface area contributed by atoms with Crippen LogP contribution in [0.2, 0.25) is 0 Å². The van der Waals surface area contributed by atoms with Gasteiger partial charge in [-0.3, -0.25) is 4.40 Å². The van der Waals surface area contributed by atoms with Crippen molar-refractivity contribution in [1.29, 1.82) is 0 Å². The molecule has 0 amide bonds. The molecule has 0 aliphatic rings. The molecule has 0 atom stereocenters. The Labute approximate surface area is 106 Å². The molecular weight excluding hydrogens is 228 g/mol. The summed E-state index contributed by atoms with van der Waals surface area (Å²) in [6, 6.07) is 3.80. The molecule has 0 spiro atoms. The van der Waals surface area contributed by atoms with E-state index in [9.17, 15) is 9.90 Å². The smallest absolute Gasteiger partial charge is 0.354 e. The molecule has 0 aliphatic heterocycles. The molecule has 0 aromatic carbocycles. The van der Waals surface area contributed by atoms with Gasteiger partial charge in [-0.2, -0.15) is 0 Å². The van der Waals surface area contributed by atoms with Gasteiger partial charge in [0.15, 0.2) is 5.69 Å². The number of imidazole rings is 1. The number of carbonyl (C=O) groups is 1. The van der Waals surface area contributed by atoms with Gasteiger partial charge in [0.1, 0.15) is 5.65 Å². The summed E-state index contributed by atoms with van der Waals surface area (Å²) in [6.07, 6.45) is 3.57. The van der Waals surface area contributed by atoms with Crippen LogP contribution >= 0.6 is 0 Å². The molecule has 1 N–H and O–H groups in total. The van der Waals surface area contributed by atoms with Gasteiger partial charge in [0.05, 0.1) is 5.69 Å². The second-order valence-corrected chi connectivity index (χ2v) is 4.55. The molecule has 0 radical (unpaired) electrons. The molecule has 2 heterocycles. The van der Waals surface area contributed by atoms with Crippen LogP contribution in [0, 0.1) is 6.92 Å². The third-order valence-corrected chi connectivity index (χ3v) is 3.45. The van der Waals surface area contributed by atoms with Crippen LogP contribution in [0.3, 0.4) is 0 Å². The summed E-state index contributed by atoms with van der Waals surface area (Å²) in [5.74, 6) is -0.703. The Morgan fingerprint density at radius 1 is 1.44 bits per heavy atom. The van der Waals surface area contributed by atoms with Crippen LogP contribution in [-0.2, 0) is 0 Å². The van der Waals surface area contributed by atoms with Gasteiger partial charge in [-0.1, -0.05) is 19.9 Å². The maximum Gasteiger partial charge on any atom is 0.354 e. The summed E-state index contributed by atoms with van der Waals surface area (Å²) < 4.78 is 1.69. The first kappa shape index (κ1) is 12.6. The number of fused-ring (bicyclic) bond motifs is 1. The summed E-state index contributed by atoms with van der Waals surface area (Å²) in [7, 11) is 0. The minimum absolute atomic E-state index is 0.204. The average molecular weight is 246 g/mol. The second kappa shape index (κ2) is 4.80.